The number of aromatic nitrogens is 2. The maximum absolute atomic E-state index is 12.1. The molecule has 1 aliphatic carbocycles. The first-order chi connectivity index (χ1) is 8.75. The van der Waals surface area contributed by atoms with Gasteiger partial charge in [0.2, 0.25) is 0 Å². The molecule has 1 saturated carbocycles. The van der Waals surface area contributed by atoms with Crippen LogP contribution in [0, 0.1) is 0 Å². The van der Waals surface area contributed by atoms with Crippen LogP contribution >= 0.6 is 11.6 Å². The molecule has 1 amide bonds. The summed E-state index contributed by atoms with van der Waals surface area (Å²) in [7, 11) is 0. The zero-order valence-electron chi connectivity index (χ0n) is 9.64. The first-order valence-corrected chi connectivity index (χ1v) is 6.22. The SMILES string of the molecule is O=C(Nc1ncccc1Cl)c1cccn1C1CC1. The summed E-state index contributed by atoms with van der Waals surface area (Å²) in [5, 5.41) is 3.17. The smallest absolute Gasteiger partial charge is 0.273 e. The predicted octanol–water partition coefficient (Wildman–Crippen LogP) is 3.12. The molecule has 0 aromatic carbocycles. The normalized spacial score (nSPS) is 14.5. The van der Waals surface area contributed by atoms with Crippen LogP contribution in [0.3, 0.4) is 0 Å². The summed E-state index contributed by atoms with van der Waals surface area (Å²) in [5.74, 6) is 0.222. The average Bonchev–Trinajstić information content (AvgIpc) is 3.09. The highest BCUT2D eigenvalue weighted by atomic mass is 35.5. The molecule has 0 aliphatic heterocycles. The van der Waals surface area contributed by atoms with Crippen molar-refractivity contribution in [1.82, 2.24) is 9.55 Å². The molecule has 18 heavy (non-hydrogen) atoms. The standard InChI is InChI=1S/C13H12ClN3O/c14-10-3-1-7-15-12(10)16-13(18)11-4-2-8-17(11)9-5-6-9/h1-4,7-9H,5-6H2,(H,15,16,18). The number of pyridine rings is 1. The van der Waals surface area contributed by atoms with Crippen LogP contribution in [0.1, 0.15) is 29.4 Å². The van der Waals surface area contributed by atoms with Crippen molar-refractivity contribution in [3.05, 3.63) is 47.4 Å². The van der Waals surface area contributed by atoms with Gasteiger partial charge in [-0.05, 0) is 37.1 Å². The van der Waals surface area contributed by atoms with Gasteiger partial charge in [0.05, 0.1) is 5.02 Å². The Bertz CT molecular complexity index is 589. The second-order valence-electron chi connectivity index (χ2n) is 4.32. The molecular weight excluding hydrogens is 250 g/mol. The molecule has 2 aromatic heterocycles. The van der Waals surface area contributed by atoms with E-state index in [2.05, 4.69) is 10.3 Å². The van der Waals surface area contributed by atoms with E-state index >= 15 is 0 Å². The minimum atomic E-state index is -0.174. The summed E-state index contributed by atoms with van der Waals surface area (Å²) in [6.07, 6.45) is 5.81. The maximum atomic E-state index is 12.1. The molecule has 0 unspecified atom stereocenters. The number of carbonyl (C=O) groups excluding carboxylic acids is 1. The van der Waals surface area contributed by atoms with Gasteiger partial charge in [0.25, 0.3) is 5.91 Å². The molecular formula is C13H12ClN3O. The Morgan fingerprint density at radius 3 is 2.94 bits per heavy atom. The fourth-order valence-corrected chi connectivity index (χ4v) is 2.08. The molecule has 1 fully saturated rings. The number of amides is 1. The van der Waals surface area contributed by atoms with Crippen LogP contribution in [-0.2, 0) is 0 Å². The number of rotatable bonds is 3. The maximum Gasteiger partial charge on any atom is 0.273 e. The molecule has 1 N–H and O–H groups in total. The lowest BCUT2D eigenvalue weighted by molar-refractivity contribution is 0.101. The van der Waals surface area contributed by atoms with Crippen molar-refractivity contribution in [2.75, 3.05) is 5.32 Å². The van der Waals surface area contributed by atoms with Crippen LogP contribution in [0.15, 0.2) is 36.7 Å². The Balaban J connectivity index is 1.83. The van der Waals surface area contributed by atoms with Crippen LogP contribution in [0.5, 0.6) is 0 Å². The first-order valence-electron chi connectivity index (χ1n) is 5.84. The third-order valence-electron chi connectivity index (χ3n) is 2.94. The van der Waals surface area contributed by atoms with E-state index < -0.39 is 0 Å². The summed E-state index contributed by atoms with van der Waals surface area (Å²) in [6, 6.07) is 7.59. The van der Waals surface area contributed by atoms with E-state index in [1.54, 1.807) is 18.3 Å². The number of nitrogens with one attached hydrogen (secondary N) is 1. The molecule has 2 heterocycles. The lowest BCUT2D eigenvalue weighted by Crippen LogP contribution is -2.17. The van der Waals surface area contributed by atoms with E-state index in [0.29, 0.717) is 22.6 Å². The summed E-state index contributed by atoms with van der Waals surface area (Å²) in [6.45, 7) is 0. The minimum absolute atomic E-state index is 0.174. The number of nitrogens with zero attached hydrogens (tertiary/aromatic N) is 2. The van der Waals surface area contributed by atoms with E-state index in [4.69, 9.17) is 11.6 Å². The predicted molar refractivity (Wildman–Crippen MR) is 69.9 cm³/mol. The molecule has 1 aliphatic rings. The van der Waals surface area contributed by atoms with Crippen molar-refractivity contribution in [3.63, 3.8) is 0 Å². The second-order valence-corrected chi connectivity index (χ2v) is 4.73. The van der Waals surface area contributed by atoms with Gasteiger partial charge >= 0.3 is 0 Å². The van der Waals surface area contributed by atoms with Gasteiger partial charge in [0, 0.05) is 18.4 Å². The minimum Gasteiger partial charge on any atom is -0.340 e. The highest BCUT2D eigenvalue weighted by Crippen LogP contribution is 2.36. The van der Waals surface area contributed by atoms with Gasteiger partial charge in [-0.1, -0.05) is 11.6 Å². The molecule has 0 spiro atoms. The van der Waals surface area contributed by atoms with E-state index in [1.807, 2.05) is 22.9 Å². The van der Waals surface area contributed by atoms with Gasteiger partial charge in [0.15, 0.2) is 5.82 Å². The highest BCUT2D eigenvalue weighted by Gasteiger charge is 2.26. The van der Waals surface area contributed by atoms with E-state index in [1.165, 1.54) is 0 Å². The van der Waals surface area contributed by atoms with Gasteiger partial charge in [-0.15, -0.1) is 0 Å². The summed E-state index contributed by atoms with van der Waals surface area (Å²) < 4.78 is 2.01. The fourth-order valence-electron chi connectivity index (χ4n) is 1.91. The molecule has 3 rings (SSSR count). The Kier molecular flexibility index (Phi) is 2.80. The highest BCUT2D eigenvalue weighted by molar-refractivity contribution is 6.33. The molecule has 0 saturated heterocycles. The van der Waals surface area contributed by atoms with Gasteiger partial charge in [-0.25, -0.2) is 4.98 Å². The van der Waals surface area contributed by atoms with Crippen molar-refractivity contribution in [2.45, 2.75) is 18.9 Å². The number of hydrogen-bond acceptors (Lipinski definition) is 2. The van der Waals surface area contributed by atoms with Crippen molar-refractivity contribution in [2.24, 2.45) is 0 Å². The second kappa shape index (κ2) is 4.46. The van der Waals surface area contributed by atoms with Gasteiger partial charge in [-0.2, -0.15) is 0 Å². The van der Waals surface area contributed by atoms with Gasteiger partial charge < -0.3 is 9.88 Å². The molecule has 0 bridgehead atoms. The van der Waals surface area contributed by atoms with Gasteiger partial charge in [0.1, 0.15) is 5.69 Å². The lowest BCUT2D eigenvalue weighted by Gasteiger charge is -2.08. The van der Waals surface area contributed by atoms with Crippen LogP contribution in [-0.4, -0.2) is 15.5 Å². The number of halogens is 1. The van der Waals surface area contributed by atoms with Gasteiger partial charge in [-0.3, -0.25) is 4.79 Å². The summed E-state index contributed by atoms with van der Waals surface area (Å²) in [5.41, 5.74) is 0.652. The van der Waals surface area contributed by atoms with Crippen molar-refractivity contribution >= 4 is 23.3 Å². The Labute approximate surface area is 110 Å². The van der Waals surface area contributed by atoms with E-state index in [0.717, 1.165) is 12.8 Å². The third-order valence-corrected chi connectivity index (χ3v) is 3.25. The molecule has 0 radical (unpaired) electrons. The quantitative estimate of drug-likeness (QED) is 0.923. The van der Waals surface area contributed by atoms with Crippen LogP contribution in [0.4, 0.5) is 5.82 Å². The Morgan fingerprint density at radius 2 is 2.22 bits per heavy atom. The monoisotopic (exact) mass is 261 g/mol. The largest absolute Gasteiger partial charge is 0.340 e. The molecule has 2 aromatic rings. The van der Waals surface area contributed by atoms with E-state index in [9.17, 15) is 4.79 Å². The summed E-state index contributed by atoms with van der Waals surface area (Å²) in [4.78, 5) is 16.2. The molecule has 4 nitrogen and oxygen atoms in total. The summed E-state index contributed by atoms with van der Waals surface area (Å²) >= 11 is 5.96. The van der Waals surface area contributed by atoms with Crippen molar-refractivity contribution in [3.8, 4) is 0 Å². The topological polar surface area (TPSA) is 46.9 Å². The van der Waals surface area contributed by atoms with Crippen molar-refractivity contribution < 1.29 is 4.79 Å². The fraction of sp³-hybridized carbons (Fsp3) is 0.231. The van der Waals surface area contributed by atoms with E-state index in [-0.39, 0.29) is 5.91 Å². The first kappa shape index (κ1) is 11.3. The lowest BCUT2D eigenvalue weighted by atomic mass is 10.3. The van der Waals surface area contributed by atoms with Crippen LogP contribution < -0.4 is 5.32 Å². The number of hydrogen-bond donors (Lipinski definition) is 1. The number of anilines is 1. The zero-order chi connectivity index (χ0) is 12.5. The molecule has 5 heteroatoms. The van der Waals surface area contributed by atoms with Crippen molar-refractivity contribution in [1.29, 1.82) is 0 Å². The Hall–Kier alpha value is -1.81. The third kappa shape index (κ3) is 2.11. The Morgan fingerprint density at radius 1 is 1.39 bits per heavy atom. The molecule has 92 valence electrons. The molecule has 0 atom stereocenters. The average molecular weight is 262 g/mol. The number of carbonyl (C=O) groups is 1. The van der Waals surface area contributed by atoms with Crippen LogP contribution in [0.25, 0.3) is 0 Å². The van der Waals surface area contributed by atoms with Crippen LogP contribution in [0.2, 0.25) is 5.02 Å². The zero-order valence-corrected chi connectivity index (χ0v) is 10.4.